The highest BCUT2D eigenvalue weighted by Crippen LogP contribution is 2.41. The Labute approximate surface area is 239 Å². The lowest BCUT2D eigenvalue weighted by molar-refractivity contribution is -0.0602. The van der Waals surface area contributed by atoms with E-state index in [0.29, 0.717) is 42.2 Å². The number of amides is 1. The Balaban J connectivity index is 1.13. The number of hydrogen-bond donors (Lipinski definition) is 1. The number of rotatable bonds is 7. The summed E-state index contributed by atoms with van der Waals surface area (Å²) in [7, 11) is 1.99. The molecule has 0 bridgehead atoms. The van der Waals surface area contributed by atoms with E-state index in [9.17, 15) is 9.90 Å². The summed E-state index contributed by atoms with van der Waals surface area (Å²) in [5, 5.41) is 23.6. The van der Waals surface area contributed by atoms with Crippen LogP contribution in [0.4, 0.5) is 4.79 Å². The van der Waals surface area contributed by atoms with Gasteiger partial charge in [0, 0.05) is 35.5 Å². The zero-order valence-corrected chi connectivity index (χ0v) is 24.3. The molecular weight excluding hydrogens is 534 g/mol. The third kappa shape index (κ3) is 6.28. The zero-order valence-electron chi connectivity index (χ0n) is 23.5. The van der Waals surface area contributed by atoms with Crippen LogP contribution in [-0.4, -0.2) is 54.2 Å². The molecule has 2 aromatic heterocycles. The van der Waals surface area contributed by atoms with Gasteiger partial charge in [-0.15, -0.1) is 10.2 Å². The minimum atomic E-state index is -0.916. The first-order valence-electron chi connectivity index (χ1n) is 14.0. The van der Waals surface area contributed by atoms with Crippen LogP contribution in [0.15, 0.2) is 34.9 Å². The average Bonchev–Trinajstić information content (AvgIpc) is 3.54. The van der Waals surface area contributed by atoms with Crippen molar-refractivity contribution in [2.24, 2.45) is 7.05 Å². The lowest BCUT2D eigenvalue weighted by atomic mass is 9.80. The van der Waals surface area contributed by atoms with Crippen molar-refractivity contribution in [3.63, 3.8) is 0 Å². The van der Waals surface area contributed by atoms with Crippen LogP contribution in [0.25, 0.3) is 0 Å². The summed E-state index contributed by atoms with van der Waals surface area (Å²) < 4.78 is 19.7. The molecule has 1 N–H and O–H groups in total. The minimum absolute atomic E-state index is 0.170. The highest BCUT2D eigenvalue weighted by molar-refractivity contribution is 6.30. The first-order chi connectivity index (χ1) is 19.1. The molecule has 1 saturated carbocycles. The van der Waals surface area contributed by atoms with Gasteiger partial charge in [-0.3, -0.25) is 4.90 Å². The second-order valence-electron chi connectivity index (χ2n) is 11.9. The molecule has 11 heteroatoms. The Bertz CT molecular complexity index is 1300. The minimum Gasteiger partial charge on any atom is -0.486 e. The summed E-state index contributed by atoms with van der Waals surface area (Å²) in [6, 6.07) is 9.19. The van der Waals surface area contributed by atoms with E-state index in [-0.39, 0.29) is 12.1 Å². The smallest absolute Gasteiger partial charge is 0.408 e. The molecule has 1 amide bonds. The first kappa shape index (κ1) is 28.4. The number of halogens is 1. The van der Waals surface area contributed by atoms with Crippen LogP contribution in [0, 0.1) is 0 Å². The molecule has 3 heterocycles. The standard InChI is InChI=1S/C29H38ClN5O5/c1-29(2,3)35(28(36)37)21-12-13-24(39-16-21)25-15-23(33-40-25)18-8-10-19(11-9-18)27-32-31-26(34(27)4)17-38-22-7-5-6-20(30)14-22/h5-7,14-15,18-19,21,24H,8-13,16-17H2,1-4H3,(H,36,37)/t18?,19?,21-,24+/m1/s1. The molecule has 2 atom stereocenters. The van der Waals surface area contributed by atoms with Crippen LogP contribution >= 0.6 is 11.6 Å². The summed E-state index contributed by atoms with van der Waals surface area (Å²) >= 11 is 6.05. The van der Waals surface area contributed by atoms with E-state index in [1.54, 1.807) is 6.07 Å². The number of hydrogen-bond acceptors (Lipinski definition) is 7. The Morgan fingerprint density at radius 1 is 1.12 bits per heavy atom. The largest absolute Gasteiger partial charge is 0.486 e. The number of benzene rings is 1. The fraction of sp³-hybridized carbons (Fsp3) is 0.586. The summed E-state index contributed by atoms with van der Waals surface area (Å²) in [4.78, 5) is 13.3. The lowest BCUT2D eigenvalue weighted by Crippen LogP contribution is -2.54. The van der Waals surface area contributed by atoms with Gasteiger partial charge in [0.25, 0.3) is 0 Å². The second-order valence-corrected chi connectivity index (χ2v) is 12.3. The average molecular weight is 572 g/mol. The molecule has 40 heavy (non-hydrogen) atoms. The van der Waals surface area contributed by atoms with E-state index >= 15 is 0 Å². The lowest BCUT2D eigenvalue weighted by Gasteiger charge is -2.42. The van der Waals surface area contributed by atoms with Gasteiger partial charge in [0.15, 0.2) is 11.6 Å². The van der Waals surface area contributed by atoms with Crippen molar-refractivity contribution in [3.8, 4) is 5.75 Å². The maximum atomic E-state index is 11.8. The number of carbonyl (C=O) groups is 1. The van der Waals surface area contributed by atoms with Crippen molar-refractivity contribution >= 4 is 17.7 Å². The van der Waals surface area contributed by atoms with Crippen molar-refractivity contribution in [2.45, 2.75) is 95.4 Å². The normalized spacial score (nSPS) is 23.6. The van der Waals surface area contributed by atoms with Crippen LogP contribution in [0.3, 0.4) is 0 Å². The van der Waals surface area contributed by atoms with E-state index in [2.05, 4.69) is 15.4 Å². The molecule has 216 valence electrons. The molecule has 2 aliphatic rings. The quantitative estimate of drug-likeness (QED) is 0.343. The van der Waals surface area contributed by atoms with Crippen molar-refractivity contribution in [1.82, 2.24) is 24.8 Å². The number of carboxylic acid groups (broad SMARTS) is 1. The zero-order chi connectivity index (χ0) is 28.4. The van der Waals surface area contributed by atoms with Gasteiger partial charge in [0.05, 0.1) is 18.3 Å². The number of ether oxygens (including phenoxy) is 2. The van der Waals surface area contributed by atoms with Gasteiger partial charge in [-0.25, -0.2) is 4.79 Å². The Hall–Kier alpha value is -3.11. The Morgan fingerprint density at radius 2 is 1.88 bits per heavy atom. The molecule has 10 nitrogen and oxygen atoms in total. The van der Waals surface area contributed by atoms with Crippen LogP contribution in [0.1, 0.15) is 100 Å². The van der Waals surface area contributed by atoms with Gasteiger partial charge in [-0.05, 0) is 77.5 Å². The fourth-order valence-corrected chi connectivity index (χ4v) is 6.19. The predicted molar refractivity (Wildman–Crippen MR) is 149 cm³/mol. The van der Waals surface area contributed by atoms with Gasteiger partial charge in [0.1, 0.15) is 24.3 Å². The van der Waals surface area contributed by atoms with Gasteiger partial charge in [-0.2, -0.15) is 0 Å². The molecule has 0 radical (unpaired) electrons. The molecule has 3 aromatic rings. The molecule has 2 fully saturated rings. The van der Waals surface area contributed by atoms with Crippen molar-refractivity contribution in [1.29, 1.82) is 0 Å². The van der Waals surface area contributed by atoms with Crippen LogP contribution in [-0.2, 0) is 18.4 Å². The van der Waals surface area contributed by atoms with Crippen LogP contribution in [0.2, 0.25) is 5.02 Å². The fourth-order valence-electron chi connectivity index (χ4n) is 6.01. The molecule has 5 rings (SSSR count). The van der Waals surface area contributed by atoms with Gasteiger partial charge in [-0.1, -0.05) is 22.8 Å². The monoisotopic (exact) mass is 571 g/mol. The van der Waals surface area contributed by atoms with Crippen molar-refractivity contribution in [3.05, 3.63) is 58.5 Å². The van der Waals surface area contributed by atoms with Gasteiger partial charge < -0.3 is 23.7 Å². The molecule has 1 aliphatic carbocycles. The second kappa shape index (κ2) is 11.8. The maximum absolute atomic E-state index is 11.8. The third-order valence-electron chi connectivity index (χ3n) is 8.08. The first-order valence-corrected chi connectivity index (χ1v) is 14.3. The molecule has 1 aliphatic heterocycles. The highest BCUT2D eigenvalue weighted by Gasteiger charge is 2.37. The summed E-state index contributed by atoms with van der Waals surface area (Å²) in [5.41, 5.74) is 0.483. The molecule has 0 spiro atoms. The van der Waals surface area contributed by atoms with Crippen molar-refractivity contribution in [2.75, 3.05) is 6.61 Å². The van der Waals surface area contributed by atoms with Crippen LogP contribution in [0.5, 0.6) is 5.75 Å². The SMILES string of the molecule is Cn1c(COc2cccc(Cl)c2)nnc1C1CCC(c2cc([C@@H]3CC[C@@H](N(C(=O)O)C(C)(C)C)CO3)on2)CC1. The van der Waals surface area contributed by atoms with Gasteiger partial charge >= 0.3 is 6.09 Å². The molecule has 1 aromatic carbocycles. The molecule has 1 saturated heterocycles. The van der Waals surface area contributed by atoms with E-state index in [0.717, 1.165) is 55.2 Å². The Morgan fingerprint density at radius 3 is 2.52 bits per heavy atom. The highest BCUT2D eigenvalue weighted by atomic mass is 35.5. The predicted octanol–water partition coefficient (Wildman–Crippen LogP) is 6.48. The number of nitrogens with zero attached hydrogens (tertiary/aromatic N) is 5. The summed E-state index contributed by atoms with van der Waals surface area (Å²) in [6.45, 7) is 6.40. The van der Waals surface area contributed by atoms with Crippen LogP contribution < -0.4 is 4.74 Å². The van der Waals surface area contributed by atoms with E-state index in [1.807, 2.05) is 56.7 Å². The topological polar surface area (TPSA) is 116 Å². The molecular formula is C29H38ClN5O5. The van der Waals surface area contributed by atoms with E-state index in [4.69, 9.17) is 25.6 Å². The summed E-state index contributed by atoms with van der Waals surface area (Å²) in [6.07, 6.45) is 4.27. The van der Waals surface area contributed by atoms with Crippen molar-refractivity contribution < 1.29 is 23.9 Å². The molecule has 0 unspecified atom stereocenters. The third-order valence-corrected chi connectivity index (χ3v) is 8.32. The summed E-state index contributed by atoms with van der Waals surface area (Å²) in [5.74, 6) is 3.86. The number of aromatic nitrogens is 4. The van der Waals surface area contributed by atoms with E-state index < -0.39 is 11.6 Å². The maximum Gasteiger partial charge on any atom is 0.408 e. The van der Waals surface area contributed by atoms with Gasteiger partial charge in [0.2, 0.25) is 0 Å². The Kier molecular flexibility index (Phi) is 8.37. The van der Waals surface area contributed by atoms with E-state index in [1.165, 1.54) is 4.90 Å².